The maximum atomic E-state index is 13.1. The quantitative estimate of drug-likeness (QED) is 0.646. The molecule has 0 atom stereocenters. The van der Waals surface area contributed by atoms with Gasteiger partial charge >= 0.3 is 0 Å². The van der Waals surface area contributed by atoms with Crippen molar-refractivity contribution in [1.82, 2.24) is 5.32 Å². The summed E-state index contributed by atoms with van der Waals surface area (Å²) in [6.07, 6.45) is 2.44. The second kappa shape index (κ2) is 5.12. The van der Waals surface area contributed by atoms with Crippen molar-refractivity contribution >= 4 is 11.6 Å². The first-order valence-corrected chi connectivity index (χ1v) is 6.03. The van der Waals surface area contributed by atoms with Crippen molar-refractivity contribution in [3.63, 3.8) is 0 Å². The van der Waals surface area contributed by atoms with E-state index in [-0.39, 0.29) is 6.54 Å². The number of benzene rings is 1. The van der Waals surface area contributed by atoms with E-state index in [1.54, 1.807) is 0 Å². The van der Waals surface area contributed by atoms with Gasteiger partial charge in [0.15, 0.2) is 11.6 Å². The van der Waals surface area contributed by atoms with Crippen LogP contribution in [-0.2, 0) is 0 Å². The molecule has 1 fully saturated rings. The van der Waals surface area contributed by atoms with Gasteiger partial charge in [-0.05, 0) is 25.3 Å². The molecule has 20 heavy (non-hydrogen) atoms. The normalized spacial score (nSPS) is 16.4. The molecule has 108 valence electrons. The van der Waals surface area contributed by atoms with Crippen molar-refractivity contribution in [2.75, 3.05) is 6.54 Å². The number of carbonyl (C=O) groups excluding carboxylic acids is 1. The van der Waals surface area contributed by atoms with Crippen LogP contribution in [0, 0.1) is 21.7 Å². The summed E-state index contributed by atoms with van der Waals surface area (Å²) in [6.45, 7) is 0.141. The Balaban J connectivity index is 2.20. The number of nitrogens with one attached hydrogen (secondary N) is 1. The Hall–Kier alpha value is -2.09. The van der Waals surface area contributed by atoms with Gasteiger partial charge in [0.1, 0.15) is 5.56 Å². The standard InChI is InChI=1S/C12H13F2N3O3/c13-8-4-7(10(17(19)20)5-9(8)14)11(18)16-6-12(15)2-1-3-12/h4-5H,1-3,6,15H2,(H,16,18). The maximum Gasteiger partial charge on any atom is 0.285 e. The molecule has 1 aromatic carbocycles. The van der Waals surface area contributed by atoms with E-state index in [1.807, 2.05) is 0 Å². The average Bonchev–Trinajstić information content (AvgIpc) is 2.36. The fraction of sp³-hybridized carbons (Fsp3) is 0.417. The minimum absolute atomic E-state index is 0.141. The number of hydrogen-bond acceptors (Lipinski definition) is 4. The molecule has 3 N–H and O–H groups in total. The largest absolute Gasteiger partial charge is 0.350 e. The predicted octanol–water partition coefficient (Wildman–Crippen LogP) is 1.48. The van der Waals surface area contributed by atoms with Crippen LogP contribution in [0.25, 0.3) is 0 Å². The van der Waals surface area contributed by atoms with Crippen molar-refractivity contribution < 1.29 is 18.5 Å². The monoisotopic (exact) mass is 285 g/mol. The van der Waals surface area contributed by atoms with E-state index in [9.17, 15) is 23.7 Å². The third-order valence-corrected chi connectivity index (χ3v) is 3.43. The minimum atomic E-state index is -1.37. The molecular weight excluding hydrogens is 272 g/mol. The summed E-state index contributed by atoms with van der Waals surface area (Å²) in [5, 5.41) is 13.2. The highest BCUT2D eigenvalue weighted by Gasteiger charge is 2.33. The molecule has 0 aliphatic heterocycles. The summed E-state index contributed by atoms with van der Waals surface area (Å²) in [5.74, 6) is -3.53. The number of nitro groups is 1. The summed E-state index contributed by atoms with van der Waals surface area (Å²) in [6, 6.07) is 0.915. The number of hydrogen-bond donors (Lipinski definition) is 2. The van der Waals surface area contributed by atoms with Crippen molar-refractivity contribution in [3.8, 4) is 0 Å². The SMILES string of the molecule is NC1(CNC(=O)c2cc(F)c(F)cc2[N+](=O)[O-])CCC1. The highest BCUT2D eigenvalue weighted by molar-refractivity contribution is 5.98. The van der Waals surface area contributed by atoms with Crippen LogP contribution >= 0.6 is 0 Å². The molecule has 0 saturated heterocycles. The van der Waals surface area contributed by atoms with Crippen molar-refractivity contribution in [2.24, 2.45) is 5.73 Å². The van der Waals surface area contributed by atoms with E-state index < -0.39 is 39.3 Å². The number of nitro benzene ring substituents is 1. The van der Waals surface area contributed by atoms with E-state index in [0.29, 0.717) is 12.1 Å². The summed E-state index contributed by atoms with van der Waals surface area (Å²) >= 11 is 0. The van der Waals surface area contributed by atoms with Gasteiger partial charge in [-0.1, -0.05) is 0 Å². The van der Waals surface area contributed by atoms with Crippen LogP contribution in [0.4, 0.5) is 14.5 Å². The van der Waals surface area contributed by atoms with E-state index in [4.69, 9.17) is 5.73 Å². The van der Waals surface area contributed by atoms with Gasteiger partial charge < -0.3 is 11.1 Å². The minimum Gasteiger partial charge on any atom is -0.350 e. The molecule has 0 aromatic heterocycles. The second-order valence-electron chi connectivity index (χ2n) is 4.94. The molecule has 0 unspecified atom stereocenters. The maximum absolute atomic E-state index is 13.1. The smallest absolute Gasteiger partial charge is 0.285 e. The Morgan fingerprint density at radius 1 is 1.40 bits per heavy atom. The van der Waals surface area contributed by atoms with Gasteiger partial charge in [0.25, 0.3) is 11.6 Å². The van der Waals surface area contributed by atoms with Gasteiger partial charge in [-0.25, -0.2) is 8.78 Å². The van der Waals surface area contributed by atoms with Gasteiger partial charge in [-0.15, -0.1) is 0 Å². The molecule has 0 spiro atoms. The molecule has 0 heterocycles. The van der Waals surface area contributed by atoms with Gasteiger partial charge in [0, 0.05) is 12.1 Å². The Morgan fingerprint density at radius 2 is 2.00 bits per heavy atom. The second-order valence-corrected chi connectivity index (χ2v) is 4.94. The number of nitrogens with two attached hydrogens (primary N) is 1. The Kier molecular flexibility index (Phi) is 3.67. The lowest BCUT2D eigenvalue weighted by molar-refractivity contribution is -0.385. The Morgan fingerprint density at radius 3 is 2.50 bits per heavy atom. The predicted molar refractivity (Wildman–Crippen MR) is 66.1 cm³/mol. The summed E-state index contributed by atoms with van der Waals surface area (Å²) in [4.78, 5) is 21.7. The number of carbonyl (C=O) groups is 1. The molecule has 1 aliphatic rings. The lowest BCUT2D eigenvalue weighted by Crippen LogP contribution is -2.54. The van der Waals surface area contributed by atoms with Crippen molar-refractivity contribution in [2.45, 2.75) is 24.8 Å². The first kappa shape index (κ1) is 14.3. The first-order valence-electron chi connectivity index (χ1n) is 6.03. The molecule has 0 radical (unpaired) electrons. The fourth-order valence-corrected chi connectivity index (χ4v) is 2.03. The number of halogens is 2. The highest BCUT2D eigenvalue weighted by atomic mass is 19.2. The number of amides is 1. The number of nitrogens with zero attached hydrogens (tertiary/aromatic N) is 1. The summed E-state index contributed by atoms with van der Waals surface area (Å²) in [5.41, 5.74) is 4.09. The molecular formula is C12H13F2N3O3. The van der Waals surface area contributed by atoms with Gasteiger partial charge in [-0.3, -0.25) is 14.9 Å². The van der Waals surface area contributed by atoms with Crippen LogP contribution in [0.1, 0.15) is 29.6 Å². The molecule has 1 aliphatic carbocycles. The van der Waals surface area contributed by atoms with Crippen LogP contribution in [0.2, 0.25) is 0 Å². The molecule has 1 aromatic rings. The molecule has 1 amide bonds. The van der Waals surface area contributed by atoms with Gasteiger partial charge in [-0.2, -0.15) is 0 Å². The van der Waals surface area contributed by atoms with Crippen molar-refractivity contribution in [1.29, 1.82) is 0 Å². The highest BCUT2D eigenvalue weighted by Crippen LogP contribution is 2.28. The average molecular weight is 285 g/mol. The third kappa shape index (κ3) is 2.74. The van der Waals surface area contributed by atoms with Gasteiger partial charge in [0.05, 0.1) is 11.0 Å². The van der Waals surface area contributed by atoms with Crippen LogP contribution in [0.5, 0.6) is 0 Å². The van der Waals surface area contributed by atoms with E-state index in [1.165, 1.54) is 0 Å². The van der Waals surface area contributed by atoms with E-state index >= 15 is 0 Å². The summed E-state index contributed by atoms with van der Waals surface area (Å²) in [7, 11) is 0. The Bertz CT molecular complexity index is 573. The van der Waals surface area contributed by atoms with E-state index in [0.717, 1.165) is 19.3 Å². The Labute approximate surface area is 113 Å². The fourth-order valence-electron chi connectivity index (χ4n) is 2.03. The van der Waals surface area contributed by atoms with Crippen LogP contribution in [0.15, 0.2) is 12.1 Å². The third-order valence-electron chi connectivity index (χ3n) is 3.43. The molecule has 2 rings (SSSR count). The topological polar surface area (TPSA) is 98.3 Å². The molecule has 1 saturated carbocycles. The van der Waals surface area contributed by atoms with Crippen molar-refractivity contribution in [3.05, 3.63) is 39.4 Å². The van der Waals surface area contributed by atoms with Crippen LogP contribution in [-0.4, -0.2) is 22.9 Å². The summed E-state index contributed by atoms with van der Waals surface area (Å²) < 4.78 is 26.1. The molecule has 0 bridgehead atoms. The van der Waals surface area contributed by atoms with Gasteiger partial charge in [0.2, 0.25) is 0 Å². The lowest BCUT2D eigenvalue weighted by atomic mass is 9.78. The first-order chi connectivity index (χ1) is 9.32. The van der Waals surface area contributed by atoms with Crippen LogP contribution < -0.4 is 11.1 Å². The number of rotatable bonds is 4. The van der Waals surface area contributed by atoms with E-state index in [2.05, 4.69) is 5.32 Å². The zero-order valence-electron chi connectivity index (χ0n) is 10.5. The molecule has 6 nitrogen and oxygen atoms in total. The lowest BCUT2D eigenvalue weighted by Gasteiger charge is -2.38. The van der Waals surface area contributed by atoms with Crippen LogP contribution in [0.3, 0.4) is 0 Å². The zero-order valence-corrected chi connectivity index (χ0v) is 10.5. The zero-order chi connectivity index (χ0) is 14.9. The molecule has 8 heteroatoms.